The smallest absolute Gasteiger partial charge is 0.261 e. The maximum atomic E-state index is 13.5. The fourth-order valence-corrected chi connectivity index (χ4v) is 4.17. The maximum absolute atomic E-state index is 13.5. The lowest BCUT2D eigenvalue weighted by atomic mass is 9.97. The van der Waals surface area contributed by atoms with Crippen LogP contribution in [-0.4, -0.2) is 36.0 Å². The van der Waals surface area contributed by atoms with Gasteiger partial charge in [0.25, 0.3) is 5.91 Å². The lowest BCUT2D eigenvalue weighted by Gasteiger charge is -2.32. The molecule has 1 atom stereocenters. The van der Waals surface area contributed by atoms with Crippen LogP contribution in [0.4, 0.5) is 0 Å². The fraction of sp³-hybridized carbons (Fsp3) is 0.286. The number of hydrogen-bond donors (Lipinski definition) is 1. The van der Waals surface area contributed by atoms with Crippen molar-refractivity contribution in [1.82, 2.24) is 10.2 Å². The van der Waals surface area contributed by atoms with Crippen molar-refractivity contribution in [2.24, 2.45) is 0 Å². The summed E-state index contributed by atoms with van der Waals surface area (Å²) in [4.78, 5) is 28.5. The van der Waals surface area contributed by atoms with Gasteiger partial charge in [0.15, 0.2) is 6.61 Å². The van der Waals surface area contributed by atoms with Gasteiger partial charge in [-0.25, -0.2) is 0 Å². The molecule has 0 spiro atoms. The zero-order valence-electron chi connectivity index (χ0n) is 20.0. The molecule has 1 aliphatic rings. The molecule has 0 radical (unpaired) electrons. The van der Waals surface area contributed by atoms with E-state index in [0.29, 0.717) is 11.3 Å². The van der Waals surface area contributed by atoms with E-state index >= 15 is 0 Å². The summed E-state index contributed by atoms with van der Waals surface area (Å²) in [6.45, 7) is 5.92. The Balaban J connectivity index is 1.76. The number of rotatable bonds is 5. The summed E-state index contributed by atoms with van der Waals surface area (Å²) in [5, 5.41) is 3.05. The van der Waals surface area contributed by atoms with Gasteiger partial charge in [0.05, 0.1) is 7.11 Å². The predicted molar refractivity (Wildman–Crippen MR) is 132 cm³/mol. The molecule has 0 bridgehead atoms. The van der Waals surface area contributed by atoms with Crippen molar-refractivity contribution in [2.75, 3.05) is 13.7 Å². The standard InChI is InChI=1S/C28H30N2O4/c1-28(2,3)29-27(32)26-23-11-7-8-12-24(23)34-18-25(31)30(26)17-20-9-5-6-10-22(20)19-13-15-21(33-4)16-14-19/h5-16,26H,17-18H2,1-4H3,(H,29,32). The second kappa shape index (κ2) is 9.59. The number of amides is 2. The summed E-state index contributed by atoms with van der Waals surface area (Å²) in [6, 6.07) is 22.3. The number of para-hydroxylation sites is 1. The maximum Gasteiger partial charge on any atom is 0.261 e. The molecule has 176 valence electrons. The molecular formula is C28H30N2O4. The molecule has 3 aromatic rings. The highest BCUT2D eigenvalue weighted by Gasteiger charge is 2.37. The van der Waals surface area contributed by atoms with Crippen LogP contribution in [-0.2, 0) is 16.1 Å². The van der Waals surface area contributed by atoms with Gasteiger partial charge in [0.2, 0.25) is 5.91 Å². The fourth-order valence-electron chi connectivity index (χ4n) is 4.17. The number of nitrogens with zero attached hydrogens (tertiary/aromatic N) is 1. The van der Waals surface area contributed by atoms with E-state index in [2.05, 4.69) is 5.32 Å². The first-order valence-electron chi connectivity index (χ1n) is 11.3. The summed E-state index contributed by atoms with van der Waals surface area (Å²) in [6.07, 6.45) is 0. The number of fused-ring (bicyclic) bond motifs is 1. The molecule has 0 aromatic heterocycles. The van der Waals surface area contributed by atoms with Crippen LogP contribution < -0.4 is 14.8 Å². The van der Waals surface area contributed by atoms with Crippen LogP contribution in [0.1, 0.15) is 37.9 Å². The molecule has 4 rings (SSSR count). The second-order valence-corrected chi connectivity index (χ2v) is 9.38. The zero-order chi connectivity index (χ0) is 24.3. The Bertz CT molecular complexity index is 1180. The Morgan fingerprint density at radius 3 is 2.41 bits per heavy atom. The van der Waals surface area contributed by atoms with Gasteiger partial charge in [0, 0.05) is 17.6 Å². The first kappa shape index (κ1) is 23.4. The molecule has 1 heterocycles. The normalized spacial score (nSPS) is 15.7. The average molecular weight is 459 g/mol. The minimum absolute atomic E-state index is 0.124. The van der Waals surface area contributed by atoms with Gasteiger partial charge in [-0.05, 0) is 55.7 Å². The molecule has 34 heavy (non-hydrogen) atoms. The largest absolute Gasteiger partial charge is 0.497 e. The molecular weight excluding hydrogens is 428 g/mol. The van der Waals surface area contributed by atoms with Crippen LogP contribution >= 0.6 is 0 Å². The third-order valence-electron chi connectivity index (χ3n) is 5.70. The Morgan fingerprint density at radius 1 is 1.03 bits per heavy atom. The van der Waals surface area contributed by atoms with Crippen LogP contribution in [0.15, 0.2) is 72.8 Å². The van der Waals surface area contributed by atoms with Gasteiger partial charge >= 0.3 is 0 Å². The SMILES string of the molecule is COc1ccc(-c2ccccc2CN2C(=O)COc3ccccc3C2C(=O)NC(C)(C)C)cc1. The van der Waals surface area contributed by atoms with Crippen molar-refractivity contribution >= 4 is 11.8 Å². The molecule has 6 heteroatoms. The van der Waals surface area contributed by atoms with Crippen LogP contribution in [0.25, 0.3) is 11.1 Å². The second-order valence-electron chi connectivity index (χ2n) is 9.38. The Kier molecular flexibility index (Phi) is 6.59. The summed E-state index contributed by atoms with van der Waals surface area (Å²) in [7, 11) is 1.64. The van der Waals surface area contributed by atoms with Crippen molar-refractivity contribution in [3.63, 3.8) is 0 Å². The number of carbonyl (C=O) groups is 2. The van der Waals surface area contributed by atoms with Gasteiger partial charge in [-0.15, -0.1) is 0 Å². The van der Waals surface area contributed by atoms with Crippen molar-refractivity contribution in [3.8, 4) is 22.6 Å². The first-order chi connectivity index (χ1) is 16.3. The van der Waals surface area contributed by atoms with Crippen LogP contribution in [0.3, 0.4) is 0 Å². The Morgan fingerprint density at radius 2 is 1.71 bits per heavy atom. The molecule has 2 amide bonds. The van der Waals surface area contributed by atoms with Gasteiger partial charge in [-0.3, -0.25) is 9.59 Å². The zero-order valence-corrected chi connectivity index (χ0v) is 20.0. The van der Waals surface area contributed by atoms with Crippen molar-refractivity contribution in [2.45, 2.75) is 38.9 Å². The molecule has 0 fully saturated rings. The Labute approximate surface area is 200 Å². The van der Waals surface area contributed by atoms with Gasteiger partial charge in [-0.2, -0.15) is 0 Å². The van der Waals surface area contributed by atoms with Gasteiger partial charge in [-0.1, -0.05) is 54.6 Å². The van der Waals surface area contributed by atoms with E-state index in [1.54, 1.807) is 18.1 Å². The quantitative estimate of drug-likeness (QED) is 0.600. The van der Waals surface area contributed by atoms with E-state index in [1.165, 1.54) is 0 Å². The lowest BCUT2D eigenvalue weighted by Crippen LogP contribution is -2.49. The van der Waals surface area contributed by atoms with E-state index in [-0.39, 0.29) is 25.0 Å². The number of hydrogen-bond acceptors (Lipinski definition) is 4. The van der Waals surface area contributed by atoms with Crippen LogP contribution in [0.2, 0.25) is 0 Å². The lowest BCUT2D eigenvalue weighted by molar-refractivity contribution is -0.142. The molecule has 1 unspecified atom stereocenters. The van der Waals surface area contributed by atoms with Crippen LogP contribution in [0.5, 0.6) is 11.5 Å². The highest BCUT2D eigenvalue weighted by molar-refractivity contribution is 5.91. The third kappa shape index (κ3) is 5.06. The van der Waals surface area contributed by atoms with Gasteiger partial charge < -0.3 is 19.7 Å². The highest BCUT2D eigenvalue weighted by Crippen LogP contribution is 2.35. The van der Waals surface area contributed by atoms with E-state index < -0.39 is 11.6 Å². The molecule has 1 N–H and O–H groups in total. The number of methoxy groups -OCH3 is 1. The number of benzene rings is 3. The van der Waals surface area contributed by atoms with Crippen molar-refractivity contribution < 1.29 is 19.1 Å². The van der Waals surface area contributed by atoms with Crippen molar-refractivity contribution in [1.29, 1.82) is 0 Å². The van der Waals surface area contributed by atoms with E-state index in [1.807, 2.05) is 87.5 Å². The highest BCUT2D eigenvalue weighted by atomic mass is 16.5. The van der Waals surface area contributed by atoms with Crippen LogP contribution in [0, 0.1) is 0 Å². The molecule has 1 aliphatic heterocycles. The van der Waals surface area contributed by atoms with E-state index in [9.17, 15) is 9.59 Å². The monoisotopic (exact) mass is 458 g/mol. The van der Waals surface area contributed by atoms with Crippen molar-refractivity contribution in [3.05, 3.63) is 83.9 Å². The summed E-state index contributed by atoms with van der Waals surface area (Å²) >= 11 is 0. The molecule has 0 aliphatic carbocycles. The Hall–Kier alpha value is -3.80. The minimum Gasteiger partial charge on any atom is -0.497 e. The summed E-state index contributed by atoms with van der Waals surface area (Å²) in [5.74, 6) is 0.850. The minimum atomic E-state index is -0.811. The third-order valence-corrected chi connectivity index (χ3v) is 5.70. The van der Waals surface area contributed by atoms with E-state index in [4.69, 9.17) is 9.47 Å². The van der Waals surface area contributed by atoms with E-state index in [0.717, 1.165) is 22.4 Å². The average Bonchev–Trinajstić information content (AvgIpc) is 2.95. The summed E-state index contributed by atoms with van der Waals surface area (Å²) in [5.41, 5.74) is 3.16. The molecule has 3 aromatic carbocycles. The molecule has 6 nitrogen and oxygen atoms in total. The number of nitrogens with one attached hydrogen (secondary N) is 1. The first-order valence-corrected chi connectivity index (χ1v) is 11.3. The predicted octanol–water partition coefficient (Wildman–Crippen LogP) is 4.74. The molecule has 0 saturated carbocycles. The number of carbonyl (C=O) groups excluding carboxylic acids is 2. The topological polar surface area (TPSA) is 67.9 Å². The molecule has 0 saturated heterocycles. The summed E-state index contributed by atoms with van der Waals surface area (Å²) < 4.78 is 11.1. The van der Waals surface area contributed by atoms with Gasteiger partial charge in [0.1, 0.15) is 17.5 Å². The number of ether oxygens (including phenoxy) is 2.